The molecule has 35 heavy (non-hydrogen) atoms. The molecule has 1 atom stereocenters. The fourth-order valence-electron chi connectivity index (χ4n) is 4.72. The Kier molecular flexibility index (Phi) is 5.48. The average Bonchev–Trinajstić information content (AvgIpc) is 3.22. The number of allylic oxidation sites excluding steroid dienone is 2. The number of hydrogen-bond donors (Lipinski definition) is 3. The Morgan fingerprint density at radius 2 is 1.80 bits per heavy atom. The van der Waals surface area contributed by atoms with E-state index in [4.69, 9.17) is 11.6 Å². The molecule has 2 heterocycles. The maximum atomic E-state index is 13.3. The molecule has 1 amide bonds. The van der Waals surface area contributed by atoms with Crippen LogP contribution in [-0.2, 0) is 4.79 Å². The number of carbonyl (C=O) groups is 3. The molecule has 3 aromatic rings. The molecule has 0 radical (unpaired) electrons. The Bertz CT molecular complexity index is 1390. The third-order valence-electron chi connectivity index (χ3n) is 6.32. The lowest BCUT2D eigenvalue weighted by Gasteiger charge is -2.39. The van der Waals surface area contributed by atoms with Gasteiger partial charge in [-0.15, -0.1) is 0 Å². The van der Waals surface area contributed by atoms with Crippen LogP contribution in [0.4, 0.5) is 11.5 Å². The van der Waals surface area contributed by atoms with Gasteiger partial charge in [0.1, 0.15) is 17.4 Å². The fourth-order valence-corrected chi connectivity index (χ4v) is 4.85. The van der Waals surface area contributed by atoms with Gasteiger partial charge in [0.05, 0.1) is 11.8 Å². The third kappa shape index (κ3) is 4.21. The van der Waals surface area contributed by atoms with Gasteiger partial charge in [0.15, 0.2) is 5.78 Å². The molecule has 2 aliphatic rings. The topological polar surface area (TPSA) is 113 Å². The van der Waals surface area contributed by atoms with E-state index in [2.05, 4.69) is 15.7 Å². The number of nitrogens with zero attached hydrogens (tertiary/aromatic N) is 2. The number of Topliss-reactive ketones (excluding diaryl/α,β-unsaturated/α-hetero) is 1. The number of aromatic nitrogens is 2. The predicted molar refractivity (Wildman–Crippen MR) is 132 cm³/mol. The molecule has 0 spiro atoms. The number of anilines is 2. The lowest BCUT2D eigenvalue weighted by atomic mass is 9.73. The first kappa shape index (κ1) is 22.9. The minimum absolute atomic E-state index is 0.00405. The fraction of sp³-hybridized carbons (Fsp3) is 0.231. The first-order valence-electron chi connectivity index (χ1n) is 11.1. The van der Waals surface area contributed by atoms with Gasteiger partial charge >= 0.3 is 5.97 Å². The maximum Gasteiger partial charge on any atom is 0.335 e. The van der Waals surface area contributed by atoms with Crippen molar-refractivity contribution >= 4 is 40.8 Å². The maximum absolute atomic E-state index is 13.3. The van der Waals surface area contributed by atoms with Crippen LogP contribution >= 0.6 is 11.6 Å². The van der Waals surface area contributed by atoms with E-state index in [1.54, 1.807) is 41.1 Å². The number of amides is 1. The number of carboxylic acids is 1. The first-order chi connectivity index (χ1) is 16.6. The second-order valence-electron chi connectivity index (χ2n) is 9.60. The Hall–Kier alpha value is -3.91. The Labute approximate surface area is 206 Å². The van der Waals surface area contributed by atoms with Crippen LogP contribution in [-0.4, -0.2) is 32.5 Å². The highest BCUT2D eigenvalue weighted by Gasteiger charge is 2.42. The molecule has 8 nitrogen and oxygen atoms in total. The van der Waals surface area contributed by atoms with Crippen LogP contribution in [0.25, 0.3) is 0 Å². The number of hydrogen-bond acceptors (Lipinski definition) is 5. The molecule has 0 saturated heterocycles. The highest BCUT2D eigenvalue weighted by Crippen LogP contribution is 2.46. The van der Waals surface area contributed by atoms with Gasteiger partial charge in [0, 0.05) is 28.4 Å². The van der Waals surface area contributed by atoms with Crippen molar-refractivity contribution in [3.63, 3.8) is 0 Å². The molecular weight excluding hydrogens is 468 g/mol. The highest BCUT2D eigenvalue weighted by molar-refractivity contribution is 6.30. The standard InChI is InChI=1S/C26H23ClN4O4/c1-26(2)11-19-21(20(32)12-26)22(14-3-5-15(6-4-14)25(34)35)31-23(30-19)18(13-28-31)24(33)29-17-9-7-16(27)8-10-17/h3-10,13,22,30H,11-12H2,1-2H3,(H,29,33)(H,34,35). The van der Waals surface area contributed by atoms with Gasteiger partial charge in [-0.1, -0.05) is 37.6 Å². The zero-order valence-corrected chi connectivity index (χ0v) is 19.9. The summed E-state index contributed by atoms with van der Waals surface area (Å²) in [6.07, 6.45) is 2.49. The monoisotopic (exact) mass is 490 g/mol. The molecule has 0 fully saturated rings. The van der Waals surface area contributed by atoms with Crippen LogP contribution in [0.2, 0.25) is 5.02 Å². The Morgan fingerprint density at radius 3 is 2.46 bits per heavy atom. The van der Waals surface area contributed by atoms with Crippen LogP contribution < -0.4 is 10.6 Å². The number of rotatable bonds is 4. The molecular formula is C26H23ClN4O4. The molecule has 178 valence electrons. The minimum Gasteiger partial charge on any atom is -0.478 e. The molecule has 1 aromatic heterocycles. The van der Waals surface area contributed by atoms with Gasteiger partial charge in [-0.2, -0.15) is 5.10 Å². The van der Waals surface area contributed by atoms with Crippen molar-refractivity contribution in [3.05, 3.63) is 87.7 Å². The van der Waals surface area contributed by atoms with Gasteiger partial charge in [-0.25, -0.2) is 9.48 Å². The summed E-state index contributed by atoms with van der Waals surface area (Å²) in [5, 5.41) is 20.5. The van der Waals surface area contributed by atoms with Gasteiger partial charge < -0.3 is 15.7 Å². The van der Waals surface area contributed by atoms with Gasteiger partial charge in [-0.05, 0) is 53.8 Å². The zero-order chi connectivity index (χ0) is 24.9. The molecule has 1 aliphatic heterocycles. The van der Waals surface area contributed by atoms with Crippen LogP contribution in [0, 0.1) is 5.41 Å². The summed E-state index contributed by atoms with van der Waals surface area (Å²) in [4.78, 5) is 37.8. The van der Waals surface area contributed by atoms with Gasteiger partial charge in [0.2, 0.25) is 0 Å². The van der Waals surface area contributed by atoms with Crippen molar-refractivity contribution in [3.8, 4) is 0 Å². The Morgan fingerprint density at radius 1 is 1.11 bits per heavy atom. The summed E-state index contributed by atoms with van der Waals surface area (Å²) in [7, 11) is 0. The minimum atomic E-state index is -1.03. The number of carbonyl (C=O) groups excluding carboxylic acids is 2. The van der Waals surface area contributed by atoms with E-state index in [-0.39, 0.29) is 22.7 Å². The van der Waals surface area contributed by atoms with Crippen LogP contribution in [0.3, 0.4) is 0 Å². The smallest absolute Gasteiger partial charge is 0.335 e. The number of benzene rings is 2. The Balaban J connectivity index is 1.58. The summed E-state index contributed by atoms with van der Waals surface area (Å²) in [5.41, 5.74) is 2.89. The SMILES string of the molecule is CC1(C)CC(=O)C2=C(C1)Nc1c(C(=O)Nc3ccc(Cl)cc3)cnn1C2c1ccc(C(=O)O)cc1. The van der Waals surface area contributed by atoms with E-state index < -0.39 is 12.0 Å². The van der Waals surface area contributed by atoms with E-state index in [1.165, 1.54) is 18.3 Å². The molecule has 3 N–H and O–H groups in total. The zero-order valence-electron chi connectivity index (χ0n) is 19.1. The van der Waals surface area contributed by atoms with Crippen LogP contribution in [0.15, 0.2) is 66.0 Å². The summed E-state index contributed by atoms with van der Waals surface area (Å²) in [6, 6.07) is 12.6. The summed E-state index contributed by atoms with van der Waals surface area (Å²) in [5.74, 6) is -0.901. The number of nitrogens with one attached hydrogen (secondary N) is 2. The molecule has 5 rings (SSSR count). The number of carboxylic acid groups (broad SMARTS) is 1. The van der Waals surface area contributed by atoms with Gasteiger partial charge in [0.25, 0.3) is 5.91 Å². The van der Waals surface area contributed by atoms with E-state index in [0.29, 0.717) is 46.1 Å². The second kappa shape index (κ2) is 8.39. The van der Waals surface area contributed by atoms with Crippen LogP contribution in [0.1, 0.15) is 59.0 Å². The van der Waals surface area contributed by atoms with E-state index in [1.807, 2.05) is 13.8 Å². The number of aromatic carboxylic acids is 1. The second-order valence-corrected chi connectivity index (χ2v) is 10.0. The highest BCUT2D eigenvalue weighted by atomic mass is 35.5. The van der Waals surface area contributed by atoms with Crippen molar-refractivity contribution in [1.82, 2.24) is 9.78 Å². The lowest BCUT2D eigenvalue weighted by molar-refractivity contribution is -0.118. The predicted octanol–water partition coefficient (Wildman–Crippen LogP) is 5.15. The van der Waals surface area contributed by atoms with E-state index >= 15 is 0 Å². The van der Waals surface area contributed by atoms with Gasteiger partial charge in [-0.3, -0.25) is 9.59 Å². The van der Waals surface area contributed by atoms with Crippen molar-refractivity contribution in [2.24, 2.45) is 5.41 Å². The van der Waals surface area contributed by atoms with Crippen molar-refractivity contribution in [2.75, 3.05) is 10.6 Å². The van der Waals surface area contributed by atoms with E-state index in [9.17, 15) is 19.5 Å². The molecule has 9 heteroatoms. The molecule has 1 unspecified atom stereocenters. The molecule has 2 aromatic carbocycles. The molecule has 0 saturated carbocycles. The number of fused-ring (bicyclic) bond motifs is 1. The lowest BCUT2D eigenvalue weighted by Crippen LogP contribution is -2.37. The van der Waals surface area contributed by atoms with Crippen molar-refractivity contribution < 1.29 is 19.5 Å². The third-order valence-corrected chi connectivity index (χ3v) is 6.57. The van der Waals surface area contributed by atoms with E-state index in [0.717, 1.165) is 5.70 Å². The summed E-state index contributed by atoms with van der Waals surface area (Å²) in [6.45, 7) is 4.07. The molecule has 0 bridgehead atoms. The van der Waals surface area contributed by atoms with Crippen molar-refractivity contribution in [1.29, 1.82) is 0 Å². The summed E-state index contributed by atoms with van der Waals surface area (Å²) < 4.78 is 1.63. The number of ketones is 1. The van der Waals surface area contributed by atoms with Crippen LogP contribution in [0.5, 0.6) is 0 Å². The number of halogens is 1. The molecule has 1 aliphatic carbocycles. The summed E-state index contributed by atoms with van der Waals surface area (Å²) >= 11 is 5.94. The first-order valence-corrected chi connectivity index (χ1v) is 11.5. The largest absolute Gasteiger partial charge is 0.478 e. The quantitative estimate of drug-likeness (QED) is 0.466. The average molecular weight is 491 g/mol. The normalized spacial score (nSPS) is 18.4. The van der Waals surface area contributed by atoms with Crippen molar-refractivity contribution in [2.45, 2.75) is 32.7 Å².